The molecule has 1 atom stereocenters. The lowest BCUT2D eigenvalue weighted by atomic mass is 10.0. The van der Waals surface area contributed by atoms with Crippen LogP contribution in [0.4, 0.5) is 0 Å². The van der Waals surface area contributed by atoms with Crippen molar-refractivity contribution >= 4 is 0 Å². The SMILES string of the molecule is Cc1cc(C)nc([C@@H]2CCCCN2C)n1. The molecule has 0 saturated carbocycles. The van der Waals surface area contributed by atoms with Gasteiger partial charge in [0, 0.05) is 11.4 Å². The van der Waals surface area contributed by atoms with E-state index in [-0.39, 0.29) is 0 Å². The van der Waals surface area contributed by atoms with Crippen molar-refractivity contribution in [3.8, 4) is 0 Å². The standard InChI is InChI=1S/C12H19N3/c1-9-8-10(2)14-12(13-9)11-6-4-5-7-15(11)3/h8,11H,4-7H2,1-3H3/t11-/m0/s1. The summed E-state index contributed by atoms with van der Waals surface area (Å²) in [6.07, 6.45) is 3.79. The summed E-state index contributed by atoms with van der Waals surface area (Å²) in [6, 6.07) is 2.46. The minimum absolute atomic E-state index is 0.428. The van der Waals surface area contributed by atoms with E-state index in [4.69, 9.17) is 0 Å². The monoisotopic (exact) mass is 205 g/mol. The molecule has 1 fully saturated rings. The van der Waals surface area contributed by atoms with Crippen LogP contribution in [0, 0.1) is 13.8 Å². The van der Waals surface area contributed by atoms with Crippen molar-refractivity contribution in [1.29, 1.82) is 0 Å². The Labute approximate surface area is 91.5 Å². The molecule has 3 nitrogen and oxygen atoms in total. The average Bonchev–Trinajstić information content (AvgIpc) is 2.16. The first-order valence-corrected chi connectivity index (χ1v) is 5.69. The normalized spacial score (nSPS) is 23.0. The van der Waals surface area contributed by atoms with Crippen molar-refractivity contribution in [2.24, 2.45) is 0 Å². The highest BCUT2D eigenvalue weighted by Gasteiger charge is 2.23. The molecule has 1 aliphatic heterocycles. The highest BCUT2D eigenvalue weighted by Crippen LogP contribution is 2.27. The van der Waals surface area contributed by atoms with E-state index in [1.807, 2.05) is 19.9 Å². The minimum Gasteiger partial charge on any atom is -0.296 e. The van der Waals surface area contributed by atoms with Crippen LogP contribution in [0.25, 0.3) is 0 Å². The first-order valence-electron chi connectivity index (χ1n) is 5.69. The van der Waals surface area contributed by atoms with Gasteiger partial charge in [-0.1, -0.05) is 6.42 Å². The first kappa shape index (κ1) is 10.6. The summed E-state index contributed by atoms with van der Waals surface area (Å²) in [5, 5.41) is 0. The molecule has 3 heteroatoms. The molecule has 1 aromatic rings. The van der Waals surface area contributed by atoms with Gasteiger partial charge in [0.15, 0.2) is 0 Å². The number of likely N-dealkylation sites (tertiary alicyclic amines) is 1. The Balaban J connectivity index is 2.27. The van der Waals surface area contributed by atoms with Crippen molar-refractivity contribution in [3.05, 3.63) is 23.3 Å². The number of rotatable bonds is 1. The van der Waals surface area contributed by atoms with Crippen LogP contribution in [0.5, 0.6) is 0 Å². The summed E-state index contributed by atoms with van der Waals surface area (Å²) < 4.78 is 0. The van der Waals surface area contributed by atoms with Crippen LogP contribution in [0.3, 0.4) is 0 Å². The predicted molar refractivity (Wildman–Crippen MR) is 60.7 cm³/mol. The molecule has 0 unspecified atom stereocenters. The van der Waals surface area contributed by atoms with E-state index in [9.17, 15) is 0 Å². The van der Waals surface area contributed by atoms with Crippen LogP contribution in [0.1, 0.15) is 42.5 Å². The lowest BCUT2D eigenvalue weighted by Crippen LogP contribution is -2.31. The number of nitrogens with zero attached hydrogens (tertiary/aromatic N) is 3. The van der Waals surface area contributed by atoms with E-state index in [1.165, 1.54) is 25.8 Å². The highest BCUT2D eigenvalue weighted by atomic mass is 15.2. The molecule has 2 heterocycles. The Hall–Kier alpha value is -0.960. The van der Waals surface area contributed by atoms with Gasteiger partial charge in [-0.25, -0.2) is 9.97 Å². The maximum absolute atomic E-state index is 4.56. The predicted octanol–water partition coefficient (Wildman–Crippen LogP) is 2.25. The Bertz CT molecular complexity index is 328. The maximum atomic E-state index is 4.56. The van der Waals surface area contributed by atoms with Gasteiger partial charge < -0.3 is 0 Å². The molecule has 1 saturated heterocycles. The van der Waals surface area contributed by atoms with Gasteiger partial charge in [0.2, 0.25) is 0 Å². The third kappa shape index (κ3) is 2.34. The fraction of sp³-hybridized carbons (Fsp3) is 0.667. The summed E-state index contributed by atoms with van der Waals surface area (Å²) in [4.78, 5) is 11.5. The topological polar surface area (TPSA) is 29.0 Å². The van der Waals surface area contributed by atoms with E-state index in [0.717, 1.165) is 17.2 Å². The van der Waals surface area contributed by atoms with Crippen molar-refractivity contribution in [2.45, 2.75) is 39.2 Å². The molecule has 1 aliphatic rings. The van der Waals surface area contributed by atoms with Gasteiger partial charge in [0.25, 0.3) is 0 Å². The van der Waals surface area contributed by atoms with Crippen LogP contribution >= 0.6 is 0 Å². The molecule has 0 aliphatic carbocycles. The van der Waals surface area contributed by atoms with Gasteiger partial charge in [-0.15, -0.1) is 0 Å². The number of aryl methyl sites for hydroxylation is 2. The fourth-order valence-electron chi connectivity index (χ4n) is 2.30. The maximum Gasteiger partial charge on any atom is 0.145 e. The molecule has 1 aromatic heterocycles. The van der Waals surface area contributed by atoms with Gasteiger partial charge in [-0.05, 0) is 46.3 Å². The Morgan fingerprint density at radius 2 is 1.87 bits per heavy atom. The quantitative estimate of drug-likeness (QED) is 0.704. The Morgan fingerprint density at radius 1 is 1.20 bits per heavy atom. The van der Waals surface area contributed by atoms with E-state index in [1.54, 1.807) is 0 Å². The molecule has 82 valence electrons. The second-order valence-electron chi connectivity index (χ2n) is 4.50. The Kier molecular flexibility index (Phi) is 3.00. The van der Waals surface area contributed by atoms with Crippen LogP contribution in [-0.4, -0.2) is 28.5 Å². The first-order chi connectivity index (χ1) is 7.16. The molecular weight excluding hydrogens is 186 g/mol. The smallest absolute Gasteiger partial charge is 0.145 e. The number of hydrogen-bond donors (Lipinski definition) is 0. The second kappa shape index (κ2) is 4.27. The molecule has 0 radical (unpaired) electrons. The summed E-state index contributed by atoms with van der Waals surface area (Å²) in [5.74, 6) is 1.01. The largest absolute Gasteiger partial charge is 0.296 e. The third-order valence-corrected chi connectivity index (χ3v) is 3.07. The fourth-order valence-corrected chi connectivity index (χ4v) is 2.30. The molecule has 15 heavy (non-hydrogen) atoms. The lowest BCUT2D eigenvalue weighted by Gasteiger charge is -2.31. The molecule has 2 rings (SSSR count). The Morgan fingerprint density at radius 3 is 2.47 bits per heavy atom. The third-order valence-electron chi connectivity index (χ3n) is 3.07. The number of hydrogen-bond acceptors (Lipinski definition) is 3. The van der Waals surface area contributed by atoms with Gasteiger partial charge in [0.05, 0.1) is 6.04 Å². The zero-order valence-electron chi connectivity index (χ0n) is 9.82. The van der Waals surface area contributed by atoms with E-state index in [0.29, 0.717) is 6.04 Å². The van der Waals surface area contributed by atoms with Gasteiger partial charge in [0.1, 0.15) is 5.82 Å². The zero-order valence-corrected chi connectivity index (χ0v) is 9.82. The summed E-state index contributed by atoms with van der Waals surface area (Å²) in [7, 11) is 2.17. The van der Waals surface area contributed by atoms with Crippen LogP contribution < -0.4 is 0 Å². The molecule has 0 spiro atoms. The van der Waals surface area contributed by atoms with E-state index < -0.39 is 0 Å². The van der Waals surface area contributed by atoms with Crippen molar-refractivity contribution in [2.75, 3.05) is 13.6 Å². The molecule has 0 aromatic carbocycles. The second-order valence-corrected chi connectivity index (χ2v) is 4.50. The van der Waals surface area contributed by atoms with E-state index >= 15 is 0 Å². The zero-order chi connectivity index (χ0) is 10.8. The van der Waals surface area contributed by atoms with Gasteiger partial charge in [-0.3, -0.25) is 4.90 Å². The lowest BCUT2D eigenvalue weighted by molar-refractivity contribution is 0.179. The van der Waals surface area contributed by atoms with Crippen molar-refractivity contribution < 1.29 is 0 Å². The molecular formula is C12H19N3. The minimum atomic E-state index is 0.428. The summed E-state index contributed by atoms with van der Waals surface area (Å²) in [6.45, 7) is 5.25. The van der Waals surface area contributed by atoms with Gasteiger partial charge in [-0.2, -0.15) is 0 Å². The van der Waals surface area contributed by atoms with Crippen molar-refractivity contribution in [1.82, 2.24) is 14.9 Å². The average molecular weight is 205 g/mol. The van der Waals surface area contributed by atoms with E-state index in [2.05, 4.69) is 21.9 Å². The number of piperidine rings is 1. The van der Waals surface area contributed by atoms with Crippen molar-refractivity contribution in [3.63, 3.8) is 0 Å². The van der Waals surface area contributed by atoms with Crippen LogP contribution in [0.15, 0.2) is 6.07 Å². The van der Waals surface area contributed by atoms with Gasteiger partial charge >= 0.3 is 0 Å². The summed E-state index contributed by atoms with van der Waals surface area (Å²) >= 11 is 0. The number of aromatic nitrogens is 2. The molecule has 0 bridgehead atoms. The van der Waals surface area contributed by atoms with Crippen LogP contribution in [0.2, 0.25) is 0 Å². The summed E-state index contributed by atoms with van der Waals surface area (Å²) in [5.41, 5.74) is 2.16. The molecule has 0 N–H and O–H groups in total. The molecule has 0 amide bonds. The van der Waals surface area contributed by atoms with Crippen LogP contribution in [-0.2, 0) is 0 Å². The highest BCUT2D eigenvalue weighted by molar-refractivity contribution is 5.10.